The molecule has 0 saturated heterocycles. The Hall–Kier alpha value is -2.93. The summed E-state index contributed by atoms with van der Waals surface area (Å²) in [5.74, 6) is 0.0184. The number of carbonyl (C=O) groups is 1. The van der Waals surface area contributed by atoms with E-state index in [4.69, 9.17) is 10.5 Å². The lowest BCUT2D eigenvalue weighted by molar-refractivity contribution is -0.120. The maximum atomic E-state index is 13.7. The normalized spacial score (nSPS) is 21.0. The summed E-state index contributed by atoms with van der Waals surface area (Å²) in [6.45, 7) is 4.00. The number of amides is 1. The zero-order valence-corrected chi connectivity index (χ0v) is 17.9. The largest absolute Gasteiger partial charge is 0.497 e. The lowest BCUT2D eigenvalue weighted by Crippen LogP contribution is -2.35. The van der Waals surface area contributed by atoms with Crippen molar-refractivity contribution in [1.29, 1.82) is 0 Å². The number of nitrogens with two attached hydrogens (primary N) is 1. The van der Waals surface area contributed by atoms with Crippen LogP contribution in [0.4, 0.5) is 0 Å². The van der Waals surface area contributed by atoms with E-state index in [9.17, 15) is 13.2 Å². The molecular formula is C23H24N2O4S. The summed E-state index contributed by atoms with van der Waals surface area (Å²) in [5, 5.41) is -0.391. The van der Waals surface area contributed by atoms with Crippen LogP contribution in [0.25, 0.3) is 10.9 Å². The highest BCUT2D eigenvalue weighted by Gasteiger charge is 2.67. The van der Waals surface area contributed by atoms with Crippen LogP contribution in [-0.4, -0.2) is 31.7 Å². The van der Waals surface area contributed by atoms with E-state index in [2.05, 4.69) is 4.98 Å². The van der Waals surface area contributed by atoms with Gasteiger partial charge in [0.25, 0.3) is 0 Å². The molecule has 6 nitrogen and oxygen atoms in total. The molecule has 2 unspecified atom stereocenters. The number of aromatic nitrogens is 1. The summed E-state index contributed by atoms with van der Waals surface area (Å²) in [5.41, 5.74) is 6.69. The van der Waals surface area contributed by atoms with Gasteiger partial charge < -0.3 is 10.5 Å². The lowest BCUT2D eigenvalue weighted by Gasteiger charge is -2.21. The second-order valence-corrected chi connectivity index (χ2v) is 10.1. The average Bonchev–Trinajstić information content (AvgIpc) is 3.51. The Kier molecular flexibility index (Phi) is 4.81. The van der Waals surface area contributed by atoms with Crippen molar-refractivity contribution in [2.24, 2.45) is 5.73 Å². The van der Waals surface area contributed by atoms with Crippen LogP contribution in [0.15, 0.2) is 59.6 Å². The van der Waals surface area contributed by atoms with Crippen LogP contribution in [0.5, 0.6) is 5.75 Å². The lowest BCUT2D eigenvalue weighted by atomic mass is 9.86. The zero-order valence-electron chi connectivity index (χ0n) is 17.1. The number of ether oxygens (including phenoxy) is 1. The summed E-state index contributed by atoms with van der Waals surface area (Å²) >= 11 is 0. The number of methoxy groups -OCH3 is 1. The van der Waals surface area contributed by atoms with E-state index >= 15 is 0 Å². The monoisotopic (exact) mass is 424 g/mol. The van der Waals surface area contributed by atoms with Gasteiger partial charge in [-0.1, -0.05) is 26.0 Å². The van der Waals surface area contributed by atoms with Crippen LogP contribution in [0.1, 0.15) is 37.3 Å². The standard InChI is InChI=1S/C23H24N2O4S/c1-14(2)16-10-9-15(29-3)12-18(16)23(22(24)26)13-21(23)30(27,28)20-8-4-7-19-17(20)6-5-11-25-19/h4-12,14,21H,13H2,1-3H3,(H2,24,26). The summed E-state index contributed by atoms with van der Waals surface area (Å²) in [4.78, 5) is 17.1. The molecule has 1 aliphatic rings. The number of hydrogen-bond donors (Lipinski definition) is 1. The van der Waals surface area contributed by atoms with Gasteiger partial charge in [0, 0.05) is 11.6 Å². The highest BCUT2D eigenvalue weighted by Crippen LogP contribution is 2.56. The van der Waals surface area contributed by atoms with E-state index in [-0.39, 0.29) is 17.2 Å². The molecule has 1 aromatic heterocycles. The molecule has 1 aliphatic carbocycles. The van der Waals surface area contributed by atoms with Gasteiger partial charge in [0.15, 0.2) is 9.84 Å². The van der Waals surface area contributed by atoms with Crippen molar-refractivity contribution in [3.8, 4) is 5.75 Å². The van der Waals surface area contributed by atoms with Crippen molar-refractivity contribution in [3.63, 3.8) is 0 Å². The van der Waals surface area contributed by atoms with E-state index in [0.717, 1.165) is 5.56 Å². The number of sulfone groups is 1. The van der Waals surface area contributed by atoms with Crippen LogP contribution in [0.3, 0.4) is 0 Å². The van der Waals surface area contributed by atoms with Gasteiger partial charge in [-0.2, -0.15) is 0 Å². The SMILES string of the molecule is COc1ccc(C(C)C)c(C2(C(N)=O)CC2S(=O)(=O)c2cccc3ncccc23)c1. The molecule has 1 fully saturated rings. The van der Waals surface area contributed by atoms with Crippen LogP contribution in [0, 0.1) is 0 Å². The molecule has 1 amide bonds. The van der Waals surface area contributed by atoms with E-state index in [1.54, 1.807) is 42.6 Å². The summed E-state index contributed by atoms with van der Waals surface area (Å²) in [7, 11) is -2.30. The van der Waals surface area contributed by atoms with Crippen LogP contribution in [0.2, 0.25) is 0 Å². The van der Waals surface area contributed by atoms with Gasteiger partial charge >= 0.3 is 0 Å². The highest BCUT2D eigenvalue weighted by atomic mass is 32.2. The molecule has 1 heterocycles. The number of primary amides is 1. The Labute approximate surface area is 176 Å². The maximum absolute atomic E-state index is 13.7. The fraction of sp³-hybridized carbons (Fsp3) is 0.304. The average molecular weight is 425 g/mol. The van der Waals surface area contributed by atoms with Gasteiger partial charge in [0.2, 0.25) is 5.91 Å². The quantitative estimate of drug-likeness (QED) is 0.654. The number of benzene rings is 2. The number of carbonyl (C=O) groups excluding carboxylic acids is 1. The number of nitrogens with zero attached hydrogens (tertiary/aromatic N) is 1. The third kappa shape index (κ3) is 2.96. The molecule has 0 spiro atoms. The first-order chi connectivity index (χ1) is 14.2. The van der Waals surface area contributed by atoms with E-state index in [1.165, 1.54) is 7.11 Å². The molecule has 3 aromatic rings. The molecule has 2 aromatic carbocycles. The molecule has 30 heavy (non-hydrogen) atoms. The van der Waals surface area contributed by atoms with E-state index in [1.807, 2.05) is 26.0 Å². The first-order valence-electron chi connectivity index (χ1n) is 9.79. The fourth-order valence-corrected chi connectivity index (χ4v) is 6.62. The van der Waals surface area contributed by atoms with Crippen molar-refractivity contribution in [3.05, 3.63) is 65.9 Å². The minimum Gasteiger partial charge on any atom is -0.497 e. The molecule has 2 N–H and O–H groups in total. The van der Waals surface area contributed by atoms with Crippen molar-refractivity contribution >= 4 is 26.6 Å². The Morgan fingerprint density at radius 1 is 1.20 bits per heavy atom. The van der Waals surface area contributed by atoms with Gasteiger partial charge in [-0.25, -0.2) is 8.42 Å². The highest BCUT2D eigenvalue weighted by molar-refractivity contribution is 7.92. The van der Waals surface area contributed by atoms with Crippen LogP contribution < -0.4 is 10.5 Å². The second kappa shape index (κ2) is 7.09. The Morgan fingerprint density at radius 2 is 1.97 bits per heavy atom. The third-order valence-corrected chi connectivity index (χ3v) is 8.27. The Bertz CT molecular complexity index is 1250. The van der Waals surface area contributed by atoms with Gasteiger partial charge in [-0.3, -0.25) is 9.78 Å². The summed E-state index contributed by atoms with van der Waals surface area (Å²) in [6, 6.07) is 13.9. The predicted molar refractivity (Wildman–Crippen MR) is 115 cm³/mol. The Balaban J connectivity index is 1.89. The molecule has 4 rings (SSSR count). The Morgan fingerprint density at radius 3 is 2.63 bits per heavy atom. The van der Waals surface area contributed by atoms with E-state index in [0.29, 0.717) is 22.2 Å². The van der Waals surface area contributed by atoms with Gasteiger partial charge in [-0.05, 0) is 59.9 Å². The van der Waals surface area contributed by atoms with Gasteiger partial charge in [0.05, 0.1) is 28.2 Å². The minimum absolute atomic E-state index is 0.0906. The molecule has 0 radical (unpaired) electrons. The number of hydrogen-bond acceptors (Lipinski definition) is 5. The topological polar surface area (TPSA) is 99.4 Å². The molecule has 1 saturated carbocycles. The van der Waals surface area contributed by atoms with Crippen molar-refractivity contribution in [1.82, 2.24) is 4.98 Å². The first-order valence-corrected chi connectivity index (χ1v) is 11.3. The third-order valence-electron chi connectivity index (χ3n) is 5.99. The summed E-state index contributed by atoms with van der Waals surface area (Å²) in [6.07, 6.45) is 1.77. The van der Waals surface area contributed by atoms with Crippen LogP contribution in [-0.2, 0) is 20.0 Å². The fourth-order valence-electron chi connectivity index (χ4n) is 4.31. The number of fused-ring (bicyclic) bond motifs is 1. The smallest absolute Gasteiger partial charge is 0.229 e. The number of pyridine rings is 1. The van der Waals surface area contributed by atoms with Crippen molar-refractivity contribution < 1.29 is 17.9 Å². The van der Waals surface area contributed by atoms with Gasteiger partial charge in [-0.15, -0.1) is 0 Å². The van der Waals surface area contributed by atoms with Crippen molar-refractivity contribution in [2.45, 2.75) is 41.7 Å². The minimum atomic E-state index is -3.84. The predicted octanol–water partition coefficient (Wildman–Crippen LogP) is 3.34. The molecular weight excluding hydrogens is 400 g/mol. The number of rotatable bonds is 6. The molecule has 7 heteroatoms. The molecule has 2 atom stereocenters. The second-order valence-electron chi connectivity index (χ2n) is 8.01. The van der Waals surface area contributed by atoms with Gasteiger partial charge in [0.1, 0.15) is 5.75 Å². The molecule has 0 aliphatic heterocycles. The summed E-state index contributed by atoms with van der Waals surface area (Å²) < 4.78 is 32.7. The molecule has 0 bridgehead atoms. The zero-order chi connectivity index (χ0) is 21.7. The maximum Gasteiger partial charge on any atom is 0.229 e. The first kappa shape index (κ1) is 20.3. The molecule has 156 valence electrons. The van der Waals surface area contributed by atoms with E-state index < -0.39 is 26.4 Å². The van der Waals surface area contributed by atoms with Crippen molar-refractivity contribution in [2.75, 3.05) is 7.11 Å². The van der Waals surface area contributed by atoms with Crippen LogP contribution >= 0.6 is 0 Å².